The highest BCUT2D eigenvalue weighted by Crippen LogP contribution is 2.37. The van der Waals surface area contributed by atoms with Crippen molar-refractivity contribution in [3.8, 4) is 0 Å². The van der Waals surface area contributed by atoms with Gasteiger partial charge in [0, 0.05) is 6.61 Å². The third-order valence-corrected chi connectivity index (χ3v) is 9.45. The lowest BCUT2D eigenvalue weighted by Gasteiger charge is -2.37. The van der Waals surface area contributed by atoms with Crippen LogP contribution in [0.3, 0.4) is 0 Å². The summed E-state index contributed by atoms with van der Waals surface area (Å²) in [4.78, 5) is 10.9. The van der Waals surface area contributed by atoms with Gasteiger partial charge in [-0.3, -0.25) is 0 Å². The van der Waals surface area contributed by atoms with Gasteiger partial charge in [-0.25, -0.2) is 4.79 Å². The van der Waals surface area contributed by atoms with E-state index >= 15 is 0 Å². The van der Waals surface area contributed by atoms with Gasteiger partial charge < -0.3 is 9.53 Å². The topological polar surface area (TPSA) is 46.5 Å². The third-order valence-electron chi connectivity index (χ3n) is 4.91. The SMILES string of the molecule is CC(C)(CCO[Si](C)(C)C(C)(C)C)c1ccc(C(=O)O)cc1. The van der Waals surface area contributed by atoms with Crippen LogP contribution in [0.15, 0.2) is 24.3 Å². The number of benzene rings is 1. The first-order chi connectivity index (χ1) is 9.87. The summed E-state index contributed by atoms with van der Waals surface area (Å²) in [5, 5.41) is 9.19. The minimum absolute atomic E-state index is 0.0284. The van der Waals surface area contributed by atoms with Gasteiger partial charge in [0.25, 0.3) is 0 Å². The average molecular weight is 323 g/mol. The van der Waals surface area contributed by atoms with E-state index in [1.54, 1.807) is 12.1 Å². The molecule has 4 heteroatoms. The van der Waals surface area contributed by atoms with Crippen LogP contribution in [0.2, 0.25) is 18.1 Å². The zero-order valence-electron chi connectivity index (χ0n) is 15.0. The largest absolute Gasteiger partial charge is 0.478 e. The Morgan fingerprint density at radius 3 is 2.00 bits per heavy atom. The van der Waals surface area contributed by atoms with Crippen molar-refractivity contribution in [1.82, 2.24) is 0 Å². The predicted molar refractivity (Wildman–Crippen MR) is 94.2 cm³/mol. The molecule has 0 amide bonds. The van der Waals surface area contributed by atoms with E-state index in [4.69, 9.17) is 9.53 Å². The Kier molecular flexibility index (Phi) is 5.63. The third kappa shape index (κ3) is 4.68. The van der Waals surface area contributed by atoms with Crippen LogP contribution in [0, 0.1) is 0 Å². The van der Waals surface area contributed by atoms with Gasteiger partial charge in [-0.1, -0.05) is 46.8 Å². The normalized spacial score (nSPS) is 13.2. The van der Waals surface area contributed by atoms with Crippen LogP contribution in [0.25, 0.3) is 0 Å². The molecule has 124 valence electrons. The van der Waals surface area contributed by atoms with Crippen molar-refractivity contribution in [2.45, 2.75) is 64.6 Å². The summed E-state index contributed by atoms with van der Waals surface area (Å²) in [5.41, 5.74) is 1.45. The lowest BCUT2D eigenvalue weighted by Crippen LogP contribution is -2.41. The maximum absolute atomic E-state index is 10.9. The van der Waals surface area contributed by atoms with Gasteiger partial charge in [0.2, 0.25) is 0 Å². The van der Waals surface area contributed by atoms with Gasteiger partial charge in [0.05, 0.1) is 5.56 Å². The first kappa shape index (κ1) is 18.9. The number of carboxylic acid groups (broad SMARTS) is 1. The molecular formula is C18H30O3Si. The summed E-state index contributed by atoms with van der Waals surface area (Å²) in [5.74, 6) is -0.884. The van der Waals surface area contributed by atoms with E-state index in [9.17, 15) is 4.79 Å². The molecule has 3 nitrogen and oxygen atoms in total. The Balaban J connectivity index is 2.70. The second-order valence-corrected chi connectivity index (χ2v) is 12.9. The molecule has 0 bridgehead atoms. The highest BCUT2D eigenvalue weighted by Gasteiger charge is 2.37. The Morgan fingerprint density at radius 1 is 1.09 bits per heavy atom. The lowest BCUT2D eigenvalue weighted by molar-refractivity contribution is 0.0697. The fraction of sp³-hybridized carbons (Fsp3) is 0.611. The highest BCUT2D eigenvalue weighted by atomic mass is 28.4. The molecule has 0 aliphatic heterocycles. The smallest absolute Gasteiger partial charge is 0.335 e. The fourth-order valence-electron chi connectivity index (χ4n) is 1.99. The second kappa shape index (κ2) is 6.55. The number of carboxylic acids is 1. The quantitative estimate of drug-likeness (QED) is 0.743. The summed E-state index contributed by atoms with van der Waals surface area (Å²) in [6.07, 6.45) is 0.923. The minimum Gasteiger partial charge on any atom is -0.478 e. The van der Waals surface area contributed by atoms with Crippen LogP contribution in [0.5, 0.6) is 0 Å². The van der Waals surface area contributed by atoms with Gasteiger partial charge >= 0.3 is 5.97 Å². The second-order valence-electron chi connectivity index (χ2n) is 8.13. The Hall–Kier alpha value is -1.13. The molecule has 0 heterocycles. The molecule has 1 aromatic rings. The van der Waals surface area contributed by atoms with Crippen LogP contribution in [-0.2, 0) is 9.84 Å². The van der Waals surface area contributed by atoms with Crippen molar-refractivity contribution in [2.75, 3.05) is 6.61 Å². The van der Waals surface area contributed by atoms with Gasteiger partial charge in [0.15, 0.2) is 8.32 Å². The molecule has 0 atom stereocenters. The molecule has 1 aromatic carbocycles. The van der Waals surface area contributed by atoms with Crippen molar-refractivity contribution >= 4 is 14.3 Å². The molecule has 0 aliphatic carbocycles. The van der Waals surface area contributed by atoms with E-state index < -0.39 is 14.3 Å². The van der Waals surface area contributed by atoms with Gasteiger partial charge in [-0.2, -0.15) is 0 Å². The monoisotopic (exact) mass is 322 g/mol. The zero-order valence-corrected chi connectivity index (χ0v) is 16.0. The Morgan fingerprint density at radius 2 is 1.59 bits per heavy atom. The molecule has 22 heavy (non-hydrogen) atoms. The number of carbonyl (C=O) groups is 1. The standard InChI is InChI=1S/C18H30O3Si/c1-17(2,3)22(6,7)21-13-12-18(4,5)15-10-8-14(9-11-15)16(19)20/h8-11H,12-13H2,1-7H3,(H,19,20). The molecule has 1 rings (SSSR count). The first-order valence-corrected chi connectivity index (χ1v) is 10.8. The summed E-state index contributed by atoms with van der Waals surface area (Å²) < 4.78 is 6.26. The van der Waals surface area contributed by atoms with Crippen LogP contribution >= 0.6 is 0 Å². The molecule has 0 spiro atoms. The highest BCUT2D eigenvalue weighted by molar-refractivity contribution is 6.74. The number of rotatable bonds is 6. The minimum atomic E-state index is -1.71. The van der Waals surface area contributed by atoms with E-state index in [2.05, 4.69) is 47.7 Å². The molecule has 0 saturated carbocycles. The summed E-state index contributed by atoms with van der Waals surface area (Å²) in [6.45, 7) is 16.4. The molecule has 0 aliphatic rings. The molecule has 0 unspecified atom stereocenters. The molecule has 0 aromatic heterocycles. The average Bonchev–Trinajstić information content (AvgIpc) is 2.37. The van der Waals surface area contributed by atoms with E-state index in [0.717, 1.165) is 18.6 Å². The van der Waals surface area contributed by atoms with Crippen LogP contribution in [-0.4, -0.2) is 26.0 Å². The van der Waals surface area contributed by atoms with Crippen LogP contribution < -0.4 is 0 Å². The molecule has 0 radical (unpaired) electrons. The van der Waals surface area contributed by atoms with Crippen molar-refractivity contribution in [2.24, 2.45) is 0 Å². The fourth-order valence-corrected chi connectivity index (χ4v) is 3.03. The Bertz CT molecular complexity index is 510. The summed E-state index contributed by atoms with van der Waals surface area (Å²) in [7, 11) is -1.71. The van der Waals surface area contributed by atoms with E-state index in [1.165, 1.54) is 0 Å². The van der Waals surface area contributed by atoms with Crippen molar-refractivity contribution in [3.05, 3.63) is 35.4 Å². The van der Waals surface area contributed by atoms with Gasteiger partial charge in [-0.05, 0) is 47.7 Å². The van der Waals surface area contributed by atoms with Crippen molar-refractivity contribution < 1.29 is 14.3 Å². The number of hydrogen-bond acceptors (Lipinski definition) is 2. The molecular weight excluding hydrogens is 292 g/mol. The zero-order chi connectivity index (χ0) is 17.2. The number of aromatic carboxylic acids is 1. The predicted octanol–water partition coefficient (Wildman–Crippen LogP) is 5.07. The Labute approximate surface area is 135 Å². The van der Waals surface area contributed by atoms with E-state index in [-0.39, 0.29) is 10.5 Å². The molecule has 0 fully saturated rings. The van der Waals surface area contributed by atoms with Crippen LogP contribution in [0.1, 0.15) is 57.0 Å². The number of hydrogen-bond donors (Lipinski definition) is 1. The first-order valence-electron chi connectivity index (χ1n) is 7.85. The van der Waals surface area contributed by atoms with Gasteiger partial charge in [0.1, 0.15) is 0 Å². The van der Waals surface area contributed by atoms with Crippen molar-refractivity contribution in [1.29, 1.82) is 0 Å². The van der Waals surface area contributed by atoms with E-state index in [1.807, 2.05) is 12.1 Å². The lowest BCUT2D eigenvalue weighted by atomic mass is 9.81. The van der Waals surface area contributed by atoms with Crippen molar-refractivity contribution in [3.63, 3.8) is 0 Å². The van der Waals surface area contributed by atoms with Crippen LogP contribution in [0.4, 0.5) is 0 Å². The van der Waals surface area contributed by atoms with E-state index in [0.29, 0.717) is 5.56 Å². The van der Waals surface area contributed by atoms with Gasteiger partial charge in [-0.15, -0.1) is 0 Å². The summed E-state index contributed by atoms with van der Waals surface area (Å²) in [6, 6.07) is 7.17. The molecule has 0 saturated heterocycles. The maximum Gasteiger partial charge on any atom is 0.335 e. The maximum atomic E-state index is 10.9. The molecule has 1 N–H and O–H groups in total. The summed E-state index contributed by atoms with van der Waals surface area (Å²) >= 11 is 0.